The molecule has 0 aromatic carbocycles. The number of quaternary nitrogens is 1. The summed E-state index contributed by atoms with van der Waals surface area (Å²) < 4.78 is 17.2. The van der Waals surface area contributed by atoms with Gasteiger partial charge in [0.1, 0.15) is 6.61 Å². The van der Waals surface area contributed by atoms with Crippen LogP contribution in [-0.4, -0.2) is 80.6 Å². The number of hydrogen-bond acceptors (Lipinski definition) is 6. The molecule has 0 spiro atoms. The Kier molecular flexibility index (Phi) is 35.9. The average Bonchev–Trinajstić information content (AvgIpc) is 3.14. The molecule has 1 N–H and O–H groups in total. The summed E-state index contributed by atoms with van der Waals surface area (Å²) in [5.74, 6) is -1.54. The highest BCUT2D eigenvalue weighted by Crippen LogP contribution is 2.14. The Morgan fingerprint density at radius 2 is 1.02 bits per heavy atom. The summed E-state index contributed by atoms with van der Waals surface area (Å²) in [6.07, 6.45) is 45.5. The Bertz CT molecular complexity index is 1090. The lowest BCUT2D eigenvalue weighted by Crippen LogP contribution is -2.50. The van der Waals surface area contributed by atoms with Gasteiger partial charge in [-0.1, -0.05) is 158 Å². The monoisotopic (exact) mass is 773 g/mol. The first kappa shape index (κ1) is 52.0. The highest BCUT2D eigenvalue weighted by molar-refractivity contribution is 5.72. The standard InChI is InChI=1S/C47H81NO7/c1-6-8-10-12-14-16-18-20-22-23-24-26-28-30-32-34-36-38-46(50)55-43(41-53-40-39-44(47(51)52)48(3,4)5)42-54-45(49)37-35-33-31-29-27-25-21-19-17-15-13-11-9-7-2/h8,10,14,16,20,22,24,26,30,32,43-44H,6-7,9,11-13,15,17-19,21,23,25,27-29,31,33-42H2,1-5H3/p+1/b10-8+,16-14+,22-20+,26-24+,32-30+. The highest BCUT2D eigenvalue weighted by Gasteiger charge is 2.31. The third kappa shape index (κ3) is 36.4. The van der Waals surface area contributed by atoms with Crippen LogP contribution in [0.15, 0.2) is 60.8 Å². The summed E-state index contributed by atoms with van der Waals surface area (Å²) in [6, 6.07) is -0.625. The van der Waals surface area contributed by atoms with Crippen molar-refractivity contribution < 1.29 is 38.2 Å². The van der Waals surface area contributed by atoms with Crippen LogP contribution in [-0.2, 0) is 28.6 Å². The normalized spacial score (nSPS) is 13.5. The SMILES string of the molecule is CC/C=C/C/C=C/C/C=C/C/C=C/C/C=C/CCCC(=O)OC(COCCC(C(=O)O)[N+](C)(C)C)COC(=O)CCCCCCCCCCCCCCCC. The molecular weight excluding hydrogens is 691 g/mol. The van der Waals surface area contributed by atoms with Gasteiger partial charge in [0, 0.05) is 19.3 Å². The van der Waals surface area contributed by atoms with Crippen molar-refractivity contribution in [1.82, 2.24) is 0 Å². The van der Waals surface area contributed by atoms with E-state index in [9.17, 15) is 19.5 Å². The number of carboxylic acid groups (broad SMARTS) is 1. The lowest BCUT2D eigenvalue weighted by molar-refractivity contribution is -0.887. The number of aliphatic carboxylic acids is 1. The van der Waals surface area contributed by atoms with Crippen molar-refractivity contribution in [3.63, 3.8) is 0 Å². The third-order valence-electron chi connectivity index (χ3n) is 9.43. The van der Waals surface area contributed by atoms with Gasteiger partial charge < -0.3 is 23.8 Å². The first-order valence-corrected chi connectivity index (χ1v) is 21.8. The topological polar surface area (TPSA) is 99.1 Å². The van der Waals surface area contributed by atoms with E-state index in [1.54, 1.807) is 0 Å². The zero-order chi connectivity index (χ0) is 40.7. The molecule has 0 aliphatic heterocycles. The Morgan fingerprint density at radius 3 is 1.49 bits per heavy atom. The fraction of sp³-hybridized carbons (Fsp3) is 0.723. The summed E-state index contributed by atoms with van der Waals surface area (Å²) >= 11 is 0. The Labute approximate surface area is 337 Å². The van der Waals surface area contributed by atoms with Crippen LogP contribution < -0.4 is 0 Å². The second kappa shape index (κ2) is 37.9. The number of allylic oxidation sites excluding steroid dienone is 10. The number of carbonyl (C=O) groups excluding carboxylic acids is 2. The fourth-order valence-corrected chi connectivity index (χ4v) is 6.07. The molecule has 0 amide bonds. The van der Waals surface area contributed by atoms with Crippen LogP contribution in [0.1, 0.15) is 168 Å². The molecule has 0 fully saturated rings. The smallest absolute Gasteiger partial charge is 0.362 e. The van der Waals surface area contributed by atoms with Crippen LogP contribution in [0.5, 0.6) is 0 Å². The Morgan fingerprint density at radius 1 is 0.564 bits per heavy atom. The first-order chi connectivity index (χ1) is 26.6. The molecule has 0 heterocycles. The van der Waals surface area contributed by atoms with E-state index < -0.39 is 18.1 Å². The van der Waals surface area contributed by atoms with Gasteiger partial charge >= 0.3 is 17.9 Å². The quantitative estimate of drug-likeness (QED) is 0.0289. The molecule has 2 atom stereocenters. The Hall–Kier alpha value is -2.97. The van der Waals surface area contributed by atoms with Gasteiger partial charge in [-0.2, -0.15) is 0 Å². The van der Waals surface area contributed by atoms with Crippen molar-refractivity contribution in [3.8, 4) is 0 Å². The van der Waals surface area contributed by atoms with E-state index in [1.807, 2.05) is 21.1 Å². The van der Waals surface area contributed by atoms with E-state index in [-0.39, 0.29) is 42.7 Å². The van der Waals surface area contributed by atoms with Gasteiger partial charge in [-0.15, -0.1) is 0 Å². The number of hydrogen-bond donors (Lipinski definition) is 1. The molecule has 0 radical (unpaired) electrons. The van der Waals surface area contributed by atoms with E-state index >= 15 is 0 Å². The second-order valence-corrected chi connectivity index (χ2v) is 15.6. The van der Waals surface area contributed by atoms with Gasteiger partial charge in [0.25, 0.3) is 0 Å². The minimum atomic E-state index is -0.885. The fourth-order valence-electron chi connectivity index (χ4n) is 6.07. The predicted molar refractivity (Wildman–Crippen MR) is 229 cm³/mol. The predicted octanol–water partition coefficient (Wildman–Crippen LogP) is 11.8. The van der Waals surface area contributed by atoms with Crippen molar-refractivity contribution >= 4 is 17.9 Å². The number of ether oxygens (including phenoxy) is 3. The van der Waals surface area contributed by atoms with E-state index in [4.69, 9.17) is 14.2 Å². The average molecular weight is 773 g/mol. The van der Waals surface area contributed by atoms with Crippen molar-refractivity contribution in [2.45, 2.75) is 180 Å². The molecule has 8 heteroatoms. The summed E-state index contributed by atoms with van der Waals surface area (Å²) in [4.78, 5) is 36.9. The van der Waals surface area contributed by atoms with Crippen molar-refractivity contribution in [2.24, 2.45) is 0 Å². The number of carbonyl (C=O) groups is 3. The van der Waals surface area contributed by atoms with Gasteiger partial charge in [0.15, 0.2) is 12.1 Å². The highest BCUT2D eigenvalue weighted by atomic mass is 16.6. The summed E-state index contributed by atoms with van der Waals surface area (Å²) in [6.45, 7) is 4.56. The minimum Gasteiger partial charge on any atom is -0.477 e. The summed E-state index contributed by atoms with van der Waals surface area (Å²) in [5.41, 5.74) is 0. The van der Waals surface area contributed by atoms with E-state index in [2.05, 4.69) is 74.6 Å². The van der Waals surface area contributed by atoms with Crippen LogP contribution in [0.4, 0.5) is 0 Å². The maximum atomic E-state index is 12.7. The lowest BCUT2D eigenvalue weighted by Gasteiger charge is -2.31. The Balaban J connectivity index is 4.46. The largest absolute Gasteiger partial charge is 0.477 e. The minimum absolute atomic E-state index is 0.0378. The molecule has 0 saturated heterocycles. The van der Waals surface area contributed by atoms with Crippen molar-refractivity contribution in [1.29, 1.82) is 0 Å². The molecule has 8 nitrogen and oxygen atoms in total. The zero-order valence-electron chi connectivity index (χ0n) is 35.9. The van der Waals surface area contributed by atoms with Crippen LogP contribution in [0.3, 0.4) is 0 Å². The zero-order valence-corrected chi connectivity index (χ0v) is 35.9. The maximum absolute atomic E-state index is 12.7. The van der Waals surface area contributed by atoms with Gasteiger partial charge in [-0.25, -0.2) is 4.79 Å². The molecule has 0 saturated carbocycles. The molecule has 2 unspecified atom stereocenters. The number of unbranched alkanes of at least 4 members (excludes halogenated alkanes) is 14. The van der Waals surface area contributed by atoms with Gasteiger partial charge in [-0.05, 0) is 51.4 Å². The molecule has 0 bridgehead atoms. The lowest BCUT2D eigenvalue weighted by atomic mass is 10.0. The molecule has 55 heavy (non-hydrogen) atoms. The number of rotatable bonds is 38. The number of esters is 2. The van der Waals surface area contributed by atoms with Crippen molar-refractivity contribution in [3.05, 3.63) is 60.8 Å². The molecule has 0 aliphatic carbocycles. The van der Waals surface area contributed by atoms with Crippen LogP contribution in [0.25, 0.3) is 0 Å². The van der Waals surface area contributed by atoms with Gasteiger partial charge in [0.2, 0.25) is 0 Å². The van der Waals surface area contributed by atoms with Gasteiger partial charge in [0.05, 0.1) is 34.4 Å². The number of carboxylic acids is 1. The maximum Gasteiger partial charge on any atom is 0.362 e. The molecule has 0 aliphatic rings. The molecule has 0 aromatic heterocycles. The number of likely N-dealkylation sites (N-methyl/N-ethyl adjacent to an activating group) is 1. The van der Waals surface area contributed by atoms with E-state index in [1.165, 1.54) is 70.6 Å². The van der Waals surface area contributed by atoms with Crippen LogP contribution in [0.2, 0.25) is 0 Å². The van der Waals surface area contributed by atoms with E-state index in [0.29, 0.717) is 19.3 Å². The van der Waals surface area contributed by atoms with Crippen LogP contribution in [0, 0.1) is 0 Å². The summed E-state index contributed by atoms with van der Waals surface area (Å²) in [7, 11) is 5.50. The summed E-state index contributed by atoms with van der Waals surface area (Å²) in [5, 5.41) is 9.61. The molecular formula is C47H82NO7+. The van der Waals surface area contributed by atoms with Crippen LogP contribution >= 0.6 is 0 Å². The molecule has 0 rings (SSSR count). The second-order valence-electron chi connectivity index (χ2n) is 15.6. The van der Waals surface area contributed by atoms with Crippen molar-refractivity contribution in [2.75, 3.05) is 41.0 Å². The first-order valence-electron chi connectivity index (χ1n) is 21.8. The van der Waals surface area contributed by atoms with Gasteiger partial charge in [-0.3, -0.25) is 9.59 Å². The number of nitrogens with zero attached hydrogens (tertiary/aromatic N) is 1. The van der Waals surface area contributed by atoms with E-state index in [0.717, 1.165) is 57.8 Å². The molecule has 0 aromatic rings. The molecule has 316 valence electrons. The third-order valence-corrected chi connectivity index (χ3v) is 9.43.